The summed E-state index contributed by atoms with van der Waals surface area (Å²) in [6.45, 7) is 1.41. The summed E-state index contributed by atoms with van der Waals surface area (Å²) in [4.78, 5) is 23.5. The predicted octanol–water partition coefficient (Wildman–Crippen LogP) is 1.81. The molecule has 2 unspecified atom stereocenters. The van der Waals surface area contributed by atoms with Gasteiger partial charge in [-0.25, -0.2) is 13.6 Å². The zero-order valence-corrected chi connectivity index (χ0v) is 12.6. The standard InChI is InChI=1S/C14H15F2NO4S/c1-8(21-9-2-3-10(15)11(16)6-9)12(18)17-14(13(19)20)4-5-22-7-14/h2-3,6,8H,4-5,7H2,1H3,(H,17,18)(H,19,20). The van der Waals surface area contributed by atoms with Gasteiger partial charge in [0.15, 0.2) is 17.7 Å². The van der Waals surface area contributed by atoms with Gasteiger partial charge in [0.05, 0.1) is 0 Å². The van der Waals surface area contributed by atoms with Crippen LogP contribution in [0.5, 0.6) is 5.75 Å². The Balaban J connectivity index is 2.02. The molecular weight excluding hydrogens is 316 g/mol. The molecule has 1 aromatic rings. The lowest BCUT2D eigenvalue weighted by Gasteiger charge is -2.26. The lowest BCUT2D eigenvalue weighted by molar-refractivity contribution is -0.147. The highest BCUT2D eigenvalue weighted by atomic mass is 32.2. The molecule has 1 aromatic carbocycles. The highest BCUT2D eigenvalue weighted by molar-refractivity contribution is 7.99. The van der Waals surface area contributed by atoms with Crippen LogP contribution in [0.1, 0.15) is 13.3 Å². The number of hydrogen-bond acceptors (Lipinski definition) is 4. The maximum absolute atomic E-state index is 13.1. The van der Waals surface area contributed by atoms with E-state index in [-0.39, 0.29) is 11.5 Å². The van der Waals surface area contributed by atoms with Crippen LogP contribution >= 0.6 is 11.8 Å². The highest BCUT2D eigenvalue weighted by Crippen LogP contribution is 2.28. The molecule has 0 radical (unpaired) electrons. The number of nitrogens with one attached hydrogen (secondary N) is 1. The van der Waals surface area contributed by atoms with Gasteiger partial charge in [-0.15, -0.1) is 0 Å². The Kier molecular flexibility index (Phi) is 4.90. The second-order valence-electron chi connectivity index (χ2n) is 5.02. The molecule has 8 heteroatoms. The molecule has 0 aromatic heterocycles. The minimum atomic E-state index is -1.30. The van der Waals surface area contributed by atoms with Crippen LogP contribution in [0.4, 0.5) is 8.78 Å². The van der Waals surface area contributed by atoms with E-state index in [0.29, 0.717) is 12.2 Å². The van der Waals surface area contributed by atoms with Gasteiger partial charge in [-0.1, -0.05) is 0 Å². The van der Waals surface area contributed by atoms with E-state index in [1.165, 1.54) is 24.8 Å². The van der Waals surface area contributed by atoms with Gasteiger partial charge in [0, 0.05) is 11.8 Å². The predicted molar refractivity (Wildman–Crippen MR) is 76.9 cm³/mol. The molecular formula is C14H15F2NO4S. The molecule has 1 aliphatic rings. The fourth-order valence-corrected chi connectivity index (χ4v) is 3.36. The van der Waals surface area contributed by atoms with Gasteiger partial charge in [0.25, 0.3) is 5.91 Å². The number of ether oxygens (including phenoxy) is 1. The van der Waals surface area contributed by atoms with Crippen LogP contribution in [0.15, 0.2) is 18.2 Å². The van der Waals surface area contributed by atoms with Crippen molar-refractivity contribution >= 4 is 23.6 Å². The summed E-state index contributed by atoms with van der Waals surface area (Å²) in [6, 6.07) is 2.92. The van der Waals surface area contributed by atoms with Crippen molar-refractivity contribution in [2.75, 3.05) is 11.5 Å². The fraction of sp³-hybridized carbons (Fsp3) is 0.429. The number of carbonyl (C=O) groups excluding carboxylic acids is 1. The minimum absolute atomic E-state index is 0.00766. The van der Waals surface area contributed by atoms with Crippen molar-refractivity contribution in [3.8, 4) is 5.75 Å². The topological polar surface area (TPSA) is 75.6 Å². The van der Waals surface area contributed by atoms with Crippen LogP contribution in [-0.2, 0) is 9.59 Å². The normalized spacial score (nSPS) is 22.1. The molecule has 0 spiro atoms. The molecule has 1 heterocycles. The fourth-order valence-electron chi connectivity index (χ4n) is 2.03. The molecule has 0 saturated carbocycles. The van der Waals surface area contributed by atoms with Gasteiger partial charge in [-0.05, 0) is 31.2 Å². The van der Waals surface area contributed by atoms with Crippen LogP contribution in [0.25, 0.3) is 0 Å². The van der Waals surface area contributed by atoms with Crippen LogP contribution in [0, 0.1) is 11.6 Å². The number of thioether (sulfide) groups is 1. The molecule has 0 bridgehead atoms. The van der Waals surface area contributed by atoms with Gasteiger partial charge in [0.1, 0.15) is 11.3 Å². The van der Waals surface area contributed by atoms with E-state index in [9.17, 15) is 23.5 Å². The molecule has 2 N–H and O–H groups in total. The van der Waals surface area contributed by atoms with Crippen molar-refractivity contribution in [2.24, 2.45) is 0 Å². The number of aliphatic carboxylic acids is 1. The zero-order chi connectivity index (χ0) is 16.3. The van der Waals surface area contributed by atoms with Gasteiger partial charge < -0.3 is 15.2 Å². The molecule has 1 saturated heterocycles. The monoisotopic (exact) mass is 331 g/mol. The maximum Gasteiger partial charge on any atom is 0.330 e. The average Bonchev–Trinajstić information content (AvgIpc) is 2.92. The van der Waals surface area contributed by atoms with Crippen molar-refractivity contribution < 1.29 is 28.2 Å². The lowest BCUT2D eigenvalue weighted by atomic mass is 9.99. The Labute approximate surface area is 130 Å². The largest absolute Gasteiger partial charge is 0.481 e. The van der Waals surface area contributed by atoms with Crippen molar-refractivity contribution in [3.05, 3.63) is 29.8 Å². The van der Waals surface area contributed by atoms with E-state index in [1.54, 1.807) is 0 Å². The first kappa shape index (κ1) is 16.5. The lowest BCUT2D eigenvalue weighted by Crippen LogP contribution is -2.57. The third-order valence-corrected chi connectivity index (χ3v) is 4.56. The molecule has 120 valence electrons. The SMILES string of the molecule is CC(Oc1ccc(F)c(F)c1)C(=O)NC1(C(=O)O)CCSC1. The van der Waals surface area contributed by atoms with Crippen LogP contribution in [0.3, 0.4) is 0 Å². The zero-order valence-electron chi connectivity index (χ0n) is 11.8. The molecule has 1 fully saturated rings. The van der Waals surface area contributed by atoms with Gasteiger partial charge in [-0.2, -0.15) is 11.8 Å². The number of benzene rings is 1. The van der Waals surface area contributed by atoms with Crippen LogP contribution in [-0.4, -0.2) is 40.1 Å². The first-order chi connectivity index (χ1) is 10.3. The number of carbonyl (C=O) groups is 2. The van der Waals surface area contributed by atoms with Gasteiger partial charge in [-0.3, -0.25) is 4.79 Å². The number of rotatable bonds is 5. The van der Waals surface area contributed by atoms with E-state index in [1.807, 2.05) is 0 Å². The Hall–Kier alpha value is -1.83. The summed E-state index contributed by atoms with van der Waals surface area (Å²) in [5.41, 5.74) is -1.30. The first-order valence-corrected chi connectivity index (χ1v) is 7.74. The quantitative estimate of drug-likeness (QED) is 0.861. The maximum atomic E-state index is 13.1. The number of carboxylic acids is 1. The average molecular weight is 331 g/mol. The third-order valence-electron chi connectivity index (χ3n) is 3.37. The summed E-state index contributed by atoms with van der Waals surface area (Å²) < 4.78 is 31.1. The summed E-state index contributed by atoms with van der Waals surface area (Å²) in [5.74, 6) is -2.89. The number of amides is 1. The number of halogens is 2. The summed E-state index contributed by atoms with van der Waals surface area (Å²) in [7, 11) is 0. The molecule has 5 nitrogen and oxygen atoms in total. The molecule has 2 rings (SSSR count). The van der Waals surface area contributed by atoms with Crippen molar-refractivity contribution in [3.63, 3.8) is 0 Å². The molecule has 1 amide bonds. The summed E-state index contributed by atoms with van der Waals surface area (Å²) in [6.07, 6.45) is -0.705. The third kappa shape index (κ3) is 3.49. The van der Waals surface area contributed by atoms with Gasteiger partial charge in [0.2, 0.25) is 0 Å². The minimum Gasteiger partial charge on any atom is -0.481 e. The van der Waals surface area contributed by atoms with E-state index in [4.69, 9.17) is 4.74 Å². The molecule has 2 atom stereocenters. The van der Waals surface area contributed by atoms with Crippen molar-refractivity contribution in [2.45, 2.75) is 25.0 Å². The van der Waals surface area contributed by atoms with E-state index in [0.717, 1.165) is 12.1 Å². The second-order valence-corrected chi connectivity index (χ2v) is 6.12. The Morgan fingerprint density at radius 3 is 2.68 bits per heavy atom. The first-order valence-electron chi connectivity index (χ1n) is 6.59. The highest BCUT2D eigenvalue weighted by Gasteiger charge is 2.44. The molecule has 0 aliphatic carbocycles. The van der Waals surface area contributed by atoms with E-state index < -0.39 is 35.2 Å². The Morgan fingerprint density at radius 2 is 2.14 bits per heavy atom. The summed E-state index contributed by atoms with van der Waals surface area (Å²) >= 11 is 1.44. The smallest absolute Gasteiger partial charge is 0.330 e. The van der Waals surface area contributed by atoms with E-state index >= 15 is 0 Å². The van der Waals surface area contributed by atoms with Crippen LogP contribution in [0.2, 0.25) is 0 Å². The van der Waals surface area contributed by atoms with Gasteiger partial charge >= 0.3 is 5.97 Å². The van der Waals surface area contributed by atoms with Crippen molar-refractivity contribution in [1.29, 1.82) is 0 Å². The van der Waals surface area contributed by atoms with E-state index in [2.05, 4.69) is 5.32 Å². The Bertz CT molecular complexity index is 590. The number of hydrogen-bond donors (Lipinski definition) is 2. The van der Waals surface area contributed by atoms with Crippen molar-refractivity contribution in [1.82, 2.24) is 5.32 Å². The second kappa shape index (κ2) is 6.51. The Morgan fingerprint density at radius 1 is 1.41 bits per heavy atom. The summed E-state index contributed by atoms with van der Waals surface area (Å²) in [5, 5.41) is 11.8. The molecule has 1 aliphatic heterocycles. The van der Waals surface area contributed by atoms with Crippen LogP contribution < -0.4 is 10.1 Å². The number of carboxylic acid groups (broad SMARTS) is 1. The molecule has 22 heavy (non-hydrogen) atoms.